The highest BCUT2D eigenvalue weighted by atomic mass is 19.4. The number of benzene rings is 1. The third-order valence-corrected chi connectivity index (χ3v) is 3.33. The first-order chi connectivity index (χ1) is 7.88. The molecule has 1 aromatic rings. The molecule has 0 radical (unpaired) electrons. The second-order valence-electron chi connectivity index (χ2n) is 4.87. The number of hydrogen-bond acceptors (Lipinski definition) is 1. The molecule has 0 unspecified atom stereocenters. The molecule has 2 rings (SSSR count). The summed E-state index contributed by atoms with van der Waals surface area (Å²) < 4.78 is 37.6. The van der Waals surface area contributed by atoms with Crippen molar-refractivity contribution in [3.63, 3.8) is 0 Å². The minimum atomic E-state index is -4.24. The Morgan fingerprint density at radius 2 is 1.88 bits per heavy atom. The van der Waals surface area contributed by atoms with Crippen LogP contribution in [-0.4, -0.2) is 24.0 Å². The van der Waals surface area contributed by atoms with Crippen molar-refractivity contribution in [2.45, 2.75) is 32.0 Å². The summed E-state index contributed by atoms with van der Waals surface area (Å²) in [5.41, 5.74) is 0.259. The van der Waals surface area contributed by atoms with Gasteiger partial charge in [-0.3, -0.25) is 4.90 Å². The van der Waals surface area contributed by atoms with Gasteiger partial charge in [0.2, 0.25) is 0 Å². The van der Waals surface area contributed by atoms with E-state index in [0.29, 0.717) is 6.04 Å². The Morgan fingerprint density at radius 3 is 2.41 bits per heavy atom. The largest absolute Gasteiger partial charge is 0.416 e. The van der Waals surface area contributed by atoms with E-state index in [2.05, 4.69) is 18.7 Å². The molecule has 1 saturated heterocycles. The van der Waals surface area contributed by atoms with Crippen molar-refractivity contribution >= 4 is 0 Å². The zero-order valence-corrected chi connectivity index (χ0v) is 9.96. The van der Waals surface area contributed by atoms with E-state index >= 15 is 0 Å². The van der Waals surface area contributed by atoms with Crippen LogP contribution in [0.1, 0.15) is 30.9 Å². The van der Waals surface area contributed by atoms with Crippen LogP contribution in [0.2, 0.25) is 0 Å². The number of halogens is 3. The highest BCUT2D eigenvalue weighted by molar-refractivity contribution is 5.30. The van der Waals surface area contributed by atoms with Crippen LogP contribution in [0.4, 0.5) is 13.2 Å². The Hall–Kier alpha value is -1.03. The standard InChI is InChI=1S/C13H16F3N/c1-9(2)17-7-11(8-17)10-4-3-5-12(6-10)13(14,15)16/h3-6,9,11H,7-8H2,1-2H3. The first-order valence-corrected chi connectivity index (χ1v) is 5.79. The fourth-order valence-corrected chi connectivity index (χ4v) is 2.11. The first-order valence-electron chi connectivity index (χ1n) is 5.79. The van der Waals surface area contributed by atoms with Crippen molar-refractivity contribution < 1.29 is 13.2 Å². The highest BCUT2D eigenvalue weighted by Crippen LogP contribution is 2.34. The number of alkyl halides is 3. The molecule has 0 aromatic heterocycles. The molecule has 0 amide bonds. The smallest absolute Gasteiger partial charge is 0.300 e. The van der Waals surface area contributed by atoms with Gasteiger partial charge in [-0.1, -0.05) is 18.2 Å². The number of hydrogen-bond donors (Lipinski definition) is 0. The molecule has 0 atom stereocenters. The van der Waals surface area contributed by atoms with E-state index in [1.54, 1.807) is 6.07 Å². The molecule has 1 aliphatic heterocycles. The zero-order chi connectivity index (χ0) is 12.6. The van der Waals surface area contributed by atoms with Crippen LogP contribution >= 0.6 is 0 Å². The van der Waals surface area contributed by atoms with Crippen molar-refractivity contribution in [1.82, 2.24) is 4.90 Å². The molecule has 0 N–H and O–H groups in total. The summed E-state index contributed by atoms with van der Waals surface area (Å²) >= 11 is 0. The highest BCUT2D eigenvalue weighted by Gasteiger charge is 2.33. The second kappa shape index (κ2) is 4.33. The van der Waals surface area contributed by atoms with E-state index in [4.69, 9.17) is 0 Å². The number of rotatable bonds is 2. The first kappa shape index (κ1) is 12.4. The Balaban J connectivity index is 2.09. The van der Waals surface area contributed by atoms with Crippen LogP contribution in [-0.2, 0) is 6.18 Å². The van der Waals surface area contributed by atoms with Gasteiger partial charge in [0.05, 0.1) is 5.56 Å². The number of nitrogens with zero attached hydrogens (tertiary/aromatic N) is 1. The van der Waals surface area contributed by atoms with E-state index in [0.717, 1.165) is 24.7 Å². The average Bonchev–Trinajstić information content (AvgIpc) is 2.13. The number of likely N-dealkylation sites (tertiary alicyclic amines) is 1. The van der Waals surface area contributed by atoms with Gasteiger partial charge in [-0.15, -0.1) is 0 Å². The van der Waals surface area contributed by atoms with Gasteiger partial charge in [0, 0.05) is 25.0 Å². The van der Waals surface area contributed by atoms with Crippen molar-refractivity contribution in [1.29, 1.82) is 0 Å². The van der Waals surface area contributed by atoms with Crippen molar-refractivity contribution in [2.24, 2.45) is 0 Å². The predicted octanol–water partition coefficient (Wildman–Crippen LogP) is 3.51. The minimum Gasteiger partial charge on any atom is -0.300 e. The minimum absolute atomic E-state index is 0.250. The molecule has 0 bridgehead atoms. The Bertz CT molecular complexity index is 392. The molecular formula is C13H16F3N. The summed E-state index contributed by atoms with van der Waals surface area (Å²) in [5, 5.41) is 0. The van der Waals surface area contributed by atoms with Gasteiger partial charge in [-0.05, 0) is 25.5 Å². The fraction of sp³-hybridized carbons (Fsp3) is 0.538. The Labute approximate surface area is 99.2 Å². The lowest BCUT2D eigenvalue weighted by molar-refractivity contribution is -0.137. The van der Waals surface area contributed by atoms with Gasteiger partial charge in [-0.25, -0.2) is 0 Å². The lowest BCUT2D eigenvalue weighted by Crippen LogP contribution is -2.48. The predicted molar refractivity (Wildman–Crippen MR) is 60.9 cm³/mol. The van der Waals surface area contributed by atoms with Crippen molar-refractivity contribution in [2.75, 3.05) is 13.1 Å². The van der Waals surface area contributed by atoms with E-state index < -0.39 is 11.7 Å². The van der Waals surface area contributed by atoms with Gasteiger partial charge in [0.25, 0.3) is 0 Å². The van der Waals surface area contributed by atoms with Crippen LogP contribution in [0.3, 0.4) is 0 Å². The summed E-state index contributed by atoms with van der Waals surface area (Å²) in [6.07, 6.45) is -4.24. The van der Waals surface area contributed by atoms with Gasteiger partial charge < -0.3 is 0 Å². The Kier molecular flexibility index (Phi) is 3.17. The van der Waals surface area contributed by atoms with E-state index in [1.165, 1.54) is 12.1 Å². The van der Waals surface area contributed by atoms with E-state index in [-0.39, 0.29) is 5.92 Å². The van der Waals surface area contributed by atoms with Crippen LogP contribution in [0.25, 0.3) is 0 Å². The molecule has 4 heteroatoms. The maximum absolute atomic E-state index is 12.5. The summed E-state index contributed by atoms with van der Waals surface area (Å²) in [4.78, 5) is 2.25. The lowest BCUT2D eigenvalue weighted by atomic mass is 9.89. The monoisotopic (exact) mass is 243 g/mol. The van der Waals surface area contributed by atoms with Crippen molar-refractivity contribution in [3.8, 4) is 0 Å². The molecule has 17 heavy (non-hydrogen) atoms. The summed E-state index contributed by atoms with van der Waals surface area (Å²) in [7, 11) is 0. The lowest BCUT2D eigenvalue weighted by Gasteiger charge is -2.42. The molecule has 0 spiro atoms. The maximum Gasteiger partial charge on any atom is 0.416 e. The summed E-state index contributed by atoms with van der Waals surface area (Å²) in [5.74, 6) is 0.250. The molecule has 1 nitrogen and oxygen atoms in total. The topological polar surface area (TPSA) is 3.24 Å². The molecular weight excluding hydrogens is 227 g/mol. The molecule has 1 aromatic carbocycles. The second-order valence-corrected chi connectivity index (χ2v) is 4.87. The molecule has 1 fully saturated rings. The van der Waals surface area contributed by atoms with Gasteiger partial charge in [0.1, 0.15) is 0 Å². The van der Waals surface area contributed by atoms with Crippen LogP contribution in [0.15, 0.2) is 24.3 Å². The SMILES string of the molecule is CC(C)N1CC(c2cccc(C(F)(F)F)c2)C1. The average molecular weight is 243 g/mol. The van der Waals surface area contributed by atoms with Gasteiger partial charge in [-0.2, -0.15) is 13.2 Å². The third-order valence-electron chi connectivity index (χ3n) is 3.33. The molecule has 0 aliphatic carbocycles. The van der Waals surface area contributed by atoms with E-state index in [1.807, 2.05) is 0 Å². The molecule has 1 heterocycles. The van der Waals surface area contributed by atoms with Crippen LogP contribution < -0.4 is 0 Å². The fourth-order valence-electron chi connectivity index (χ4n) is 2.11. The van der Waals surface area contributed by atoms with Crippen LogP contribution in [0, 0.1) is 0 Å². The molecule has 0 saturated carbocycles. The molecule has 94 valence electrons. The quantitative estimate of drug-likeness (QED) is 0.768. The molecule has 1 aliphatic rings. The maximum atomic E-state index is 12.5. The summed E-state index contributed by atoms with van der Waals surface area (Å²) in [6.45, 7) is 5.92. The van der Waals surface area contributed by atoms with Crippen molar-refractivity contribution in [3.05, 3.63) is 35.4 Å². The Morgan fingerprint density at radius 1 is 1.24 bits per heavy atom. The van der Waals surface area contributed by atoms with Crippen LogP contribution in [0.5, 0.6) is 0 Å². The zero-order valence-electron chi connectivity index (χ0n) is 9.96. The van der Waals surface area contributed by atoms with E-state index in [9.17, 15) is 13.2 Å². The third kappa shape index (κ3) is 2.63. The van der Waals surface area contributed by atoms with Gasteiger partial charge in [0.15, 0.2) is 0 Å². The van der Waals surface area contributed by atoms with Gasteiger partial charge >= 0.3 is 6.18 Å². The normalized spacial score (nSPS) is 18.5. The summed E-state index contributed by atoms with van der Waals surface area (Å²) in [6, 6.07) is 6.16.